The normalized spacial score (nSPS) is 11.8. The molecule has 3 aromatic carbocycles. The van der Waals surface area contributed by atoms with E-state index in [-0.39, 0.29) is 5.91 Å². The Morgan fingerprint density at radius 2 is 1.74 bits per heavy atom. The second kappa shape index (κ2) is 9.22. The Morgan fingerprint density at radius 3 is 2.41 bits per heavy atom. The lowest BCUT2D eigenvalue weighted by Crippen LogP contribution is -2.11. The van der Waals surface area contributed by atoms with E-state index in [0.717, 1.165) is 20.6 Å². The van der Waals surface area contributed by atoms with Gasteiger partial charge in [0, 0.05) is 48.9 Å². The Balaban J connectivity index is 1.64. The summed E-state index contributed by atoms with van der Waals surface area (Å²) in [5, 5.41) is 3.59. The van der Waals surface area contributed by atoms with Gasteiger partial charge in [0.05, 0.1) is 0 Å². The monoisotopic (exact) mass is 415 g/mol. The van der Waals surface area contributed by atoms with Crippen molar-refractivity contribution in [2.75, 3.05) is 11.6 Å². The summed E-state index contributed by atoms with van der Waals surface area (Å²) in [6, 6.07) is 22.3. The Kier molecular flexibility index (Phi) is 6.72. The van der Waals surface area contributed by atoms with Crippen molar-refractivity contribution in [1.82, 2.24) is 0 Å². The maximum Gasteiger partial charge on any atom is 0.255 e. The molecule has 138 valence electrons. The zero-order chi connectivity index (χ0) is 19.2. The van der Waals surface area contributed by atoms with Gasteiger partial charge in [0.25, 0.3) is 5.91 Å². The summed E-state index contributed by atoms with van der Waals surface area (Å²) >= 11 is 7.57. The van der Waals surface area contributed by atoms with Crippen molar-refractivity contribution >= 4 is 45.8 Å². The molecule has 0 radical (unpaired) electrons. The molecule has 0 heterocycles. The molecule has 0 aliphatic rings. The standard InChI is InChI=1S/C21H18ClNO2S2/c1-27(25)20-11-9-18(10-12-20)23-21(24)16-3-2-4-19(13-16)26-14-15-5-7-17(22)8-6-15/h2-13H,14H2,1H3,(H,23,24). The minimum atomic E-state index is -1.03. The summed E-state index contributed by atoms with van der Waals surface area (Å²) in [5.74, 6) is 0.632. The molecule has 6 heteroatoms. The summed E-state index contributed by atoms with van der Waals surface area (Å²) in [7, 11) is -1.03. The molecule has 1 amide bonds. The van der Waals surface area contributed by atoms with Crippen molar-refractivity contribution in [3.05, 3.63) is 88.9 Å². The fourth-order valence-electron chi connectivity index (χ4n) is 2.41. The minimum Gasteiger partial charge on any atom is -0.322 e. The number of rotatable bonds is 6. The molecule has 0 aromatic heterocycles. The van der Waals surface area contributed by atoms with Crippen LogP contribution in [0.2, 0.25) is 5.02 Å². The first-order valence-corrected chi connectivity index (χ1v) is 11.2. The van der Waals surface area contributed by atoms with E-state index in [2.05, 4.69) is 5.32 Å². The molecular weight excluding hydrogens is 398 g/mol. The Bertz CT molecular complexity index is 957. The third kappa shape index (κ3) is 5.70. The van der Waals surface area contributed by atoms with Crippen LogP contribution in [0.25, 0.3) is 0 Å². The first kappa shape index (κ1) is 19.7. The van der Waals surface area contributed by atoms with Crippen LogP contribution < -0.4 is 5.32 Å². The number of benzene rings is 3. The predicted molar refractivity (Wildman–Crippen MR) is 114 cm³/mol. The maximum absolute atomic E-state index is 12.5. The highest BCUT2D eigenvalue weighted by atomic mass is 35.5. The average Bonchev–Trinajstić information content (AvgIpc) is 2.68. The summed E-state index contributed by atoms with van der Waals surface area (Å²) in [6.45, 7) is 0. The lowest BCUT2D eigenvalue weighted by Gasteiger charge is -2.08. The van der Waals surface area contributed by atoms with Crippen LogP contribution in [-0.2, 0) is 16.6 Å². The van der Waals surface area contributed by atoms with Crippen LogP contribution in [0.5, 0.6) is 0 Å². The maximum atomic E-state index is 12.5. The van der Waals surface area contributed by atoms with E-state index in [1.54, 1.807) is 48.3 Å². The van der Waals surface area contributed by atoms with E-state index in [0.29, 0.717) is 11.3 Å². The highest BCUT2D eigenvalue weighted by Crippen LogP contribution is 2.25. The van der Waals surface area contributed by atoms with E-state index in [1.165, 1.54) is 5.56 Å². The van der Waals surface area contributed by atoms with E-state index in [1.807, 2.05) is 42.5 Å². The number of hydrogen-bond donors (Lipinski definition) is 1. The van der Waals surface area contributed by atoms with Crippen molar-refractivity contribution in [2.45, 2.75) is 15.5 Å². The Hall–Kier alpha value is -2.08. The van der Waals surface area contributed by atoms with Crippen LogP contribution in [0, 0.1) is 0 Å². The summed E-state index contributed by atoms with van der Waals surface area (Å²) in [6.07, 6.45) is 1.63. The fourth-order valence-corrected chi connectivity index (χ4v) is 3.96. The molecule has 0 saturated carbocycles. The van der Waals surface area contributed by atoms with Crippen molar-refractivity contribution in [1.29, 1.82) is 0 Å². The second-order valence-electron chi connectivity index (χ2n) is 5.88. The van der Waals surface area contributed by atoms with Crippen LogP contribution >= 0.6 is 23.4 Å². The van der Waals surface area contributed by atoms with Crippen LogP contribution in [-0.4, -0.2) is 16.4 Å². The van der Waals surface area contributed by atoms with Gasteiger partial charge >= 0.3 is 0 Å². The highest BCUT2D eigenvalue weighted by molar-refractivity contribution is 7.98. The van der Waals surface area contributed by atoms with Gasteiger partial charge in [-0.2, -0.15) is 0 Å². The van der Waals surface area contributed by atoms with Gasteiger partial charge in [0.1, 0.15) is 0 Å². The summed E-state index contributed by atoms with van der Waals surface area (Å²) in [4.78, 5) is 14.3. The number of thioether (sulfide) groups is 1. The smallest absolute Gasteiger partial charge is 0.255 e. The fraction of sp³-hybridized carbons (Fsp3) is 0.0952. The largest absolute Gasteiger partial charge is 0.322 e. The molecule has 0 saturated heterocycles. The quantitative estimate of drug-likeness (QED) is 0.531. The van der Waals surface area contributed by atoms with Crippen LogP contribution in [0.15, 0.2) is 82.6 Å². The van der Waals surface area contributed by atoms with Gasteiger partial charge < -0.3 is 5.32 Å². The van der Waals surface area contributed by atoms with E-state index in [4.69, 9.17) is 11.6 Å². The molecule has 0 bridgehead atoms. The topological polar surface area (TPSA) is 46.2 Å². The van der Waals surface area contributed by atoms with Gasteiger partial charge in [-0.3, -0.25) is 9.00 Å². The second-order valence-corrected chi connectivity index (χ2v) is 8.74. The Morgan fingerprint density at radius 1 is 1.04 bits per heavy atom. The average molecular weight is 416 g/mol. The number of amides is 1. The van der Waals surface area contributed by atoms with Crippen molar-refractivity contribution < 1.29 is 9.00 Å². The van der Waals surface area contributed by atoms with Crippen LogP contribution in [0.1, 0.15) is 15.9 Å². The number of hydrogen-bond acceptors (Lipinski definition) is 3. The molecule has 3 nitrogen and oxygen atoms in total. The van der Waals surface area contributed by atoms with Gasteiger partial charge in [0.2, 0.25) is 0 Å². The van der Waals surface area contributed by atoms with E-state index in [9.17, 15) is 9.00 Å². The molecule has 0 spiro atoms. The molecule has 0 aliphatic carbocycles. The zero-order valence-corrected chi connectivity index (χ0v) is 17.0. The van der Waals surface area contributed by atoms with Crippen molar-refractivity contribution in [3.63, 3.8) is 0 Å². The number of anilines is 1. The van der Waals surface area contributed by atoms with Gasteiger partial charge in [0.15, 0.2) is 0 Å². The molecule has 1 unspecified atom stereocenters. The summed E-state index contributed by atoms with van der Waals surface area (Å²) < 4.78 is 11.4. The molecule has 3 rings (SSSR count). The van der Waals surface area contributed by atoms with E-state index < -0.39 is 10.8 Å². The number of halogens is 1. The van der Waals surface area contributed by atoms with Crippen molar-refractivity contribution in [3.8, 4) is 0 Å². The van der Waals surface area contributed by atoms with E-state index >= 15 is 0 Å². The zero-order valence-electron chi connectivity index (χ0n) is 14.6. The number of nitrogens with one attached hydrogen (secondary N) is 1. The lowest BCUT2D eigenvalue weighted by atomic mass is 10.2. The first-order valence-electron chi connectivity index (χ1n) is 8.23. The predicted octanol–water partition coefficient (Wildman–Crippen LogP) is 5.62. The third-order valence-corrected chi connectivity index (χ3v) is 6.11. The highest BCUT2D eigenvalue weighted by Gasteiger charge is 2.08. The minimum absolute atomic E-state index is 0.172. The van der Waals surface area contributed by atoms with Gasteiger partial charge in [-0.05, 0) is 60.2 Å². The third-order valence-electron chi connectivity index (χ3n) is 3.86. The molecule has 1 N–H and O–H groups in total. The van der Waals surface area contributed by atoms with Crippen molar-refractivity contribution in [2.24, 2.45) is 0 Å². The summed E-state index contributed by atoms with van der Waals surface area (Å²) in [5.41, 5.74) is 2.44. The molecule has 3 aromatic rings. The van der Waals surface area contributed by atoms with Gasteiger partial charge in [-0.1, -0.05) is 29.8 Å². The Labute approximate surface area is 170 Å². The van der Waals surface area contributed by atoms with Crippen LogP contribution in [0.4, 0.5) is 5.69 Å². The van der Waals surface area contributed by atoms with Gasteiger partial charge in [-0.15, -0.1) is 11.8 Å². The van der Waals surface area contributed by atoms with Gasteiger partial charge in [-0.25, -0.2) is 0 Å². The molecular formula is C21H18ClNO2S2. The van der Waals surface area contributed by atoms with Crippen LogP contribution in [0.3, 0.4) is 0 Å². The number of carbonyl (C=O) groups excluding carboxylic acids is 1. The lowest BCUT2D eigenvalue weighted by molar-refractivity contribution is 0.102. The molecule has 0 fully saturated rings. The molecule has 27 heavy (non-hydrogen) atoms. The molecule has 0 aliphatic heterocycles. The first-order chi connectivity index (χ1) is 13.0. The number of carbonyl (C=O) groups is 1. The SMILES string of the molecule is CS(=O)c1ccc(NC(=O)c2cccc(SCc3ccc(Cl)cc3)c2)cc1. The molecule has 1 atom stereocenters.